The van der Waals surface area contributed by atoms with Gasteiger partial charge >= 0.3 is 0 Å². The molecule has 0 aliphatic carbocycles. The van der Waals surface area contributed by atoms with E-state index in [0.29, 0.717) is 12.5 Å². The molecule has 0 amide bonds. The van der Waals surface area contributed by atoms with E-state index in [9.17, 15) is 0 Å². The number of hydrogen-bond donors (Lipinski definition) is 0. The molecule has 3 heteroatoms. The van der Waals surface area contributed by atoms with E-state index in [4.69, 9.17) is 4.74 Å². The maximum atomic E-state index is 5.56. The van der Waals surface area contributed by atoms with Crippen LogP contribution < -0.4 is 4.74 Å². The van der Waals surface area contributed by atoms with Crippen molar-refractivity contribution >= 4 is 21.6 Å². The molecule has 2 heterocycles. The van der Waals surface area contributed by atoms with Gasteiger partial charge in [0.1, 0.15) is 0 Å². The Balaban J connectivity index is 2.72. The van der Waals surface area contributed by atoms with Crippen LogP contribution in [0.2, 0.25) is 0 Å². The Morgan fingerprint density at radius 1 is 1.35 bits per heavy atom. The van der Waals surface area contributed by atoms with E-state index in [2.05, 4.69) is 38.7 Å². The molecule has 2 aromatic heterocycles. The minimum atomic E-state index is 0.497. The first kappa shape index (κ1) is 12.4. The molecule has 92 valence electrons. The van der Waals surface area contributed by atoms with Gasteiger partial charge in [0, 0.05) is 10.9 Å². The second-order valence-electron chi connectivity index (χ2n) is 4.60. The van der Waals surface area contributed by atoms with Crippen LogP contribution in [0.5, 0.6) is 5.88 Å². The van der Waals surface area contributed by atoms with Crippen LogP contribution in [0.15, 0.2) is 6.07 Å². The van der Waals surface area contributed by atoms with Gasteiger partial charge in [0.15, 0.2) is 0 Å². The molecule has 0 aliphatic rings. The topological polar surface area (TPSA) is 22.1 Å². The largest absolute Gasteiger partial charge is 0.478 e. The third kappa shape index (κ3) is 2.16. The number of hydrogen-bond acceptors (Lipinski definition) is 3. The third-order valence-electron chi connectivity index (χ3n) is 3.03. The van der Waals surface area contributed by atoms with Gasteiger partial charge in [-0.1, -0.05) is 13.8 Å². The van der Waals surface area contributed by atoms with Gasteiger partial charge in [-0.3, -0.25) is 0 Å². The van der Waals surface area contributed by atoms with E-state index in [0.717, 1.165) is 11.4 Å². The number of thiophene rings is 1. The molecule has 0 aliphatic heterocycles. The molecular formula is C14H19NOS. The Morgan fingerprint density at radius 3 is 2.65 bits per heavy atom. The summed E-state index contributed by atoms with van der Waals surface area (Å²) >= 11 is 1.84. The first-order valence-corrected chi connectivity index (χ1v) is 6.89. The molecule has 0 saturated heterocycles. The van der Waals surface area contributed by atoms with Crippen molar-refractivity contribution in [3.63, 3.8) is 0 Å². The van der Waals surface area contributed by atoms with Gasteiger partial charge in [-0.15, -0.1) is 11.3 Å². The Labute approximate surface area is 107 Å². The summed E-state index contributed by atoms with van der Waals surface area (Å²) in [6, 6.07) is 2.09. The maximum absolute atomic E-state index is 5.56. The number of aryl methyl sites for hydroxylation is 2. The molecule has 0 saturated carbocycles. The van der Waals surface area contributed by atoms with Crippen LogP contribution in [-0.2, 0) is 0 Å². The van der Waals surface area contributed by atoms with Crippen molar-refractivity contribution in [1.82, 2.24) is 4.98 Å². The lowest BCUT2D eigenvalue weighted by Crippen LogP contribution is -1.97. The van der Waals surface area contributed by atoms with E-state index in [1.54, 1.807) is 0 Å². The normalized spacial score (nSPS) is 11.4. The van der Waals surface area contributed by atoms with Crippen molar-refractivity contribution in [3.05, 3.63) is 22.1 Å². The minimum Gasteiger partial charge on any atom is -0.478 e. The molecule has 2 rings (SSSR count). The first-order valence-electron chi connectivity index (χ1n) is 6.08. The van der Waals surface area contributed by atoms with Gasteiger partial charge in [0.25, 0.3) is 0 Å². The number of pyridine rings is 1. The Hall–Kier alpha value is -1.09. The lowest BCUT2D eigenvalue weighted by Gasteiger charge is -2.10. The summed E-state index contributed by atoms with van der Waals surface area (Å²) in [6.45, 7) is 11.4. The fourth-order valence-electron chi connectivity index (χ4n) is 1.94. The smallest absolute Gasteiger partial charge is 0.214 e. The summed E-state index contributed by atoms with van der Waals surface area (Å²) in [7, 11) is 0. The molecule has 0 aromatic carbocycles. The number of nitrogens with zero attached hydrogens (tertiary/aromatic N) is 1. The van der Waals surface area contributed by atoms with Crippen LogP contribution in [-0.4, -0.2) is 11.6 Å². The highest BCUT2D eigenvalue weighted by Gasteiger charge is 2.15. The number of aromatic nitrogens is 1. The fraction of sp³-hybridized carbons (Fsp3) is 0.500. The molecule has 0 fully saturated rings. The highest BCUT2D eigenvalue weighted by atomic mass is 32.1. The Bertz CT molecular complexity index is 543. The first-order chi connectivity index (χ1) is 8.04. The fourth-order valence-corrected chi connectivity index (χ4v) is 3.20. The van der Waals surface area contributed by atoms with E-state index in [1.807, 2.05) is 18.3 Å². The van der Waals surface area contributed by atoms with Crippen molar-refractivity contribution in [2.45, 2.75) is 40.5 Å². The van der Waals surface area contributed by atoms with Crippen molar-refractivity contribution < 1.29 is 4.74 Å². The van der Waals surface area contributed by atoms with Gasteiger partial charge < -0.3 is 4.74 Å². The SMILES string of the molecule is CCOc1cc(C(C)C)c2sc(C)c(C)c2n1. The molecule has 17 heavy (non-hydrogen) atoms. The van der Waals surface area contributed by atoms with Crippen LogP contribution in [0.3, 0.4) is 0 Å². The summed E-state index contributed by atoms with van der Waals surface area (Å²) in [6.07, 6.45) is 0. The van der Waals surface area contributed by atoms with Gasteiger partial charge in [-0.25, -0.2) is 4.98 Å². The lowest BCUT2D eigenvalue weighted by molar-refractivity contribution is 0.327. The molecule has 0 unspecified atom stereocenters. The van der Waals surface area contributed by atoms with Crippen LogP contribution in [0.25, 0.3) is 10.2 Å². The van der Waals surface area contributed by atoms with Crippen LogP contribution >= 0.6 is 11.3 Å². The predicted octanol–water partition coefficient (Wildman–Crippen LogP) is 4.44. The highest BCUT2D eigenvalue weighted by Crippen LogP contribution is 2.36. The van der Waals surface area contributed by atoms with E-state index in [1.165, 1.54) is 20.7 Å². The van der Waals surface area contributed by atoms with Gasteiger partial charge in [0.05, 0.1) is 16.8 Å². The van der Waals surface area contributed by atoms with Crippen LogP contribution in [0, 0.1) is 13.8 Å². The molecule has 2 nitrogen and oxygen atoms in total. The monoisotopic (exact) mass is 249 g/mol. The highest BCUT2D eigenvalue weighted by molar-refractivity contribution is 7.19. The van der Waals surface area contributed by atoms with Crippen LogP contribution in [0.4, 0.5) is 0 Å². The maximum Gasteiger partial charge on any atom is 0.214 e. The molecule has 0 atom stereocenters. The Morgan fingerprint density at radius 2 is 2.06 bits per heavy atom. The quantitative estimate of drug-likeness (QED) is 0.802. The summed E-state index contributed by atoms with van der Waals surface area (Å²) < 4.78 is 6.88. The van der Waals surface area contributed by atoms with Gasteiger partial charge in [-0.2, -0.15) is 0 Å². The molecule has 0 N–H and O–H groups in total. The zero-order chi connectivity index (χ0) is 12.6. The van der Waals surface area contributed by atoms with E-state index >= 15 is 0 Å². The van der Waals surface area contributed by atoms with E-state index < -0.39 is 0 Å². The molecule has 0 bridgehead atoms. The van der Waals surface area contributed by atoms with Crippen molar-refractivity contribution in [2.24, 2.45) is 0 Å². The second-order valence-corrected chi connectivity index (χ2v) is 5.82. The zero-order valence-electron chi connectivity index (χ0n) is 11.1. The molecule has 0 radical (unpaired) electrons. The van der Waals surface area contributed by atoms with Crippen molar-refractivity contribution in [3.8, 4) is 5.88 Å². The molecular weight excluding hydrogens is 230 g/mol. The summed E-state index contributed by atoms with van der Waals surface area (Å²) in [5.74, 6) is 1.25. The van der Waals surface area contributed by atoms with E-state index in [-0.39, 0.29) is 0 Å². The Kier molecular flexibility index (Phi) is 3.38. The van der Waals surface area contributed by atoms with Crippen molar-refractivity contribution in [1.29, 1.82) is 0 Å². The average molecular weight is 249 g/mol. The van der Waals surface area contributed by atoms with Crippen LogP contribution in [0.1, 0.15) is 42.7 Å². The van der Waals surface area contributed by atoms with Crippen molar-refractivity contribution in [2.75, 3.05) is 6.61 Å². The zero-order valence-corrected chi connectivity index (χ0v) is 11.9. The standard InChI is InChI=1S/C14H19NOS/c1-6-16-12-7-11(8(2)3)14-13(15-12)9(4)10(5)17-14/h7-8H,6H2,1-5H3. The van der Waals surface area contributed by atoms with Gasteiger partial charge in [0.2, 0.25) is 5.88 Å². The number of ether oxygens (including phenoxy) is 1. The number of rotatable bonds is 3. The minimum absolute atomic E-state index is 0.497. The summed E-state index contributed by atoms with van der Waals surface area (Å²) in [5, 5.41) is 0. The van der Waals surface area contributed by atoms with Gasteiger partial charge in [-0.05, 0) is 37.8 Å². The lowest BCUT2D eigenvalue weighted by atomic mass is 10.0. The third-order valence-corrected chi connectivity index (χ3v) is 4.28. The molecule has 0 spiro atoms. The predicted molar refractivity (Wildman–Crippen MR) is 74.4 cm³/mol. The summed E-state index contributed by atoms with van der Waals surface area (Å²) in [5.41, 5.74) is 3.75. The number of fused-ring (bicyclic) bond motifs is 1. The molecule has 2 aromatic rings. The average Bonchev–Trinajstić information content (AvgIpc) is 2.55. The second kappa shape index (κ2) is 4.65. The summed E-state index contributed by atoms with van der Waals surface area (Å²) in [4.78, 5) is 5.97.